The van der Waals surface area contributed by atoms with Crippen LogP contribution in [0.15, 0.2) is 47.5 Å². The van der Waals surface area contributed by atoms with Gasteiger partial charge in [-0.3, -0.25) is 4.99 Å². The minimum Gasteiger partial charge on any atom is -0.497 e. The van der Waals surface area contributed by atoms with Gasteiger partial charge in [0.05, 0.1) is 26.5 Å². The molecule has 0 saturated heterocycles. The normalized spacial score (nSPS) is 11.5. The number of nitrogens with one attached hydrogen (secondary N) is 1. The van der Waals surface area contributed by atoms with Gasteiger partial charge in [0.1, 0.15) is 17.3 Å². The first-order valence-corrected chi connectivity index (χ1v) is 7.91. The molecule has 2 rings (SSSR count). The molecule has 0 aliphatic rings. The maximum Gasteiger partial charge on any atom is 0.193 e. The number of guanidine groups is 1. The topological polar surface area (TPSA) is 68.9 Å². The number of ether oxygens (including phenoxy) is 2. The Morgan fingerprint density at radius 1 is 1.15 bits per heavy atom. The SMILES string of the molecule is COc1ccc(OC)c(NC(N)=NCC(C)(C)c2cccc(F)c2)c1.I. The molecule has 2 aromatic carbocycles. The lowest BCUT2D eigenvalue weighted by molar-refractivity contribution is 0.405. The summed E-state index contributed by atoms with van der Waals surface area (Å²) in [7, 11) is 3.16. The zero-order valence-electron chi connectivity index (χ0n) is 15.4. The number of hydrogen-bond acceptors (Lipinski definition) is 3. The standard InChI is InChI=1S/C19H24FN3O2.HI/c1-19(2,13-6-5-7-14(20)10-13)12-22-18(21)23-16-11-15(24-3)8-9-17(16)25-4;/h5-11H,12H2,1-4H3,(H3,21,22,23);1H. The van der Waals surface area contributed by atoms with Crippen LogP contribution in [0.3, 0.4) is 0 Å². The van der Waals surface area contributed by atoms with Crippen LogP contribution in [-0.4, -0.2) is 26.7 Å². The number of rotatable bonds is 6. The van der Waals surface area contributed by atoms with Crippen molar-refractivity contribution in [3.8, 4) is 11.5 Å². The summed E-state index contributed by atoms with van der Waals surface area (Å²) in [6.45, 7) is 4.39. The first-order valence-electron chi connectivity index (χ1n) is 7.91. The fourth-order valence-corrected chi connectivity index (χ4v) is 2.37. The lowest BCUT2D eigenvalue weighted by Crippen LogP contribution is -2.28. The van der Waals surface area contributed by atoms with Crippen LogP contribution in [0.5, 0.6) is 11.5 Å². The molecule has 142 valence electrons. The van der Waals surface area contributed by atoms with Gasteiger partial charge in [-0.05, 0) is 29.8 Å². The summed E-state index contributed by atoms with van der Waals surface area (Å²) in [5, 5.41) is 3.02. The lowest BCUT2D eigenvalue weighted by Gasteiger charge is -2.23. The molecule has 0 amide bonds. The molecule has 0 aliphatic carbocycles. The second-order valence-corrected chi connectivity index (χ2v) is 6.29. The van der Waals surface area contributed by atoms with Crippen LogP contribution in [0.4, 0.5) is 10.1 Å². The molecule has 0 radical (unpaired) electrons. The lowest BCUT2D eigenvalue weighted by atomic mass is 9.85. The van der Waals surface area contributed by atoms with E-state index in [2.05, 4.69) is 10.3 Å². The molecule has 7 heteroatoms. The van der Waals surface area contributed by atoms with Crippen LogP contribution in [0.2, 0.25) is 0 Å². The molecule has 26 heavy (non-hydrogen) atoms. The van der Waals surface area contributed by atoms with Crippen molar-refractivity contribution < 1.29 is 13.9 Å². The van der Waals surface area contributed by atoms with Crippen molar-refractivity contribution in [1.82, 2.24) is 0 Å². The van der Waals surface area contributed by atoms with E-state index in [-0.39, 0.29) is 41.2 Å². The molecule has 0 aliphatic heterocycles. The number of halogens is 2. The molecule has 0 fully saturated rings. The van der Waals surface area contributed by atoms with E-state index in [0.717, 1.165) is 5.56 Å². The Labute approximate surface area is 170 Å². The van der Waals surface area contributed by atoms with Crippen LogP contribution in [0, 0.1) is 5.82 Å². The monoisotopic (exact) mass is 473 g/mol. The predicted octanol–water partition coefficient (Wildman–Crippen LogP) is 4.17. The number of nitrogens with two attached hydrogens (primary N) is 1. The Morgan fingerprint density at radius 2 is 1.88 bits per heavy atom. The molecule has 0 spiro atoms. The highest BCUT2D eigenvalue weighted by Crippen LogP contribution is 2.29. The molecule has 2 aromatic rings. The van der Waals surface area contributed by atoms with Crippen LogP contribution in [0.1, 0.15) is 19.4 Å². The van der Waals surface area contributed by atoms with Crippen molar-refractivity contribution in [2.75, 3.05) is 26.1 Å². The third-order valence-corrected chi connectivity index (χ3v) is 3.92. The van der Waals surface area contributed by atoms with E-state index in [1.165, 1.54) is 12.1 Å². The van der Waals surface area contributed by atoms with Crippen molar-refractivity contribution >= 4 is 35.6 Å². The van der Waals surface area contributed by atoms with Gasteiger partial charge in [-0.2, -0.15) is 0 Å². The average Bonchev–Trinajstić information content (AvgIpc) is 2.60. The van der Waals surface area contributed by atoms with Crippen molar-refractivity contribution in [3.05, 3.63) is 53.8 Å². The molecule has 0 saturated carbocycles. The summed E-state index contributed by atoms with van der Waals surface area (Å²) in [5.74, 6) is 1.29. The smallest absolute Gasteiger partial charge is 0.193 e. The van der Waals surface area contributed by atoms with Gasteiger partial charge in [-0.15, -0.1) is 24.0 Å². The van der Waals surface area contributed by atoms with Crippen LogP contribution >= 0.6 is 24.0 Å². The molecule has 0 bridgehead atoms. The largest absolute Gasteiger partial charge is 0.497 e. The van der Waals surface area contributed by atoms with Gasteiger partial charge in [0.2, 0.25) is 0 Å². The van der Waals surface area contributed by atoms with E-state index in [9.17, 15) is 4.39 Å². The van der Waals surface area contributed by atoms with Gasteiger partial charge in [0.15, 0.2) is 5.96 Å². The fraction of sp³-hybridized carbons (Fsp3) is 0.316. The van der Waals surface area contributed by atoms with Gasteiger partial charge in [-0.25, -0.2) is 4.39 Å². The van der Waals surface area contributed by atoms with E-state index >= 15 is 0 Å². The second-order valence-electron chi connectivity index (χ2n) is 6.29. The molecule has 5 nitrogen and oxygen atoms in total. The van der Waals surface area contributed by atoms with E-state index < -0.39 is 0 Å². The Morgan fingerprint density at radius 3 is 2.50 bits per heavy atom. The van der Waals surface area contributed by atoms with E-state index in [1.807, 2.05) is 19.9 Å². The number of hydrogen-bond donors (Lipinski definition) is 2. The highest BCUT2D eigenvalue weighted by atomic mass is 127. The minimum atomic E-state index is -0.354. The van der Waals surface area contributed by atoms with Crippen molar-refractivity contribution in [2.45, 2.75) is 19.3 Å². The summed E-state index contributed by atoms with van der Waals surface area (Å²) in [6.07, 6.45) is 0. The number of anilines is 1. The molecule has 0 atom stereocenters. The maximum atomic E-state index is 13.4. The number of aliphatic imine (C=N–C) groups is 1. The molecular weight excluding hydrogens is 448 g/mol. The van der Waals surface area contributed by atoms with E-state index in [1.54, 1.807) is 38.5 Å². The first-order chi connectivity index (χ1) is 11.9. The van der Waals surface area contributed by atoms with Crippen molar-refractivity contribution in [2.24, 2.45) is 10.7 Å². The van der Waals surface area contributed by atoms with Crippen LogP contribution < -0.4 is 20.5 Å². The summed E-state index contributed by atoms with van der Waals surface area (Å²) in [5.41, 5.74) is 7.17. The molecular formula is C19H25FIN3O2. The highest BCUT2D eigenvalue weighted by Gasteiger charge is 2.21. The van der Waals surface area contributed by atoms with Gasteiger partial charge in [0, 0.05) is 11.5 Å². The van der Waals surface area contributed by atoms with Crippen molar-refractivity contribution in [1.29, 1.82) is 0 Å². The number of nitrogens with zero attached hydrogens (tertiary/aromatic N) is 1. The number of benzene rings is 2. The zero-order chi connectivity index (χ0) is 18.4. The summed E-state index contributed by atoms with van der Waals surface area (Å²) >= 11 is 0. The van der Waals surface area contributed by atoms with E-state index in [0.29, 0.717) is 23.7 Å². The highest BCUT2D eigenvalue weighted by molar-refractivity contribution is 14.0. The Hall–Kier alpha value is -2.03. The quantitative estimate of drug-likeness (QED) is 0.376. The first kappa shape index (κ1) is 22.0. The minimum absolute atomic E-state index is 0. The molecule has 3 N–H and O–H groups in total. The summed E-state index contributed by atoms with van der Waals surface area (Å²) < 4.78 is 24.0. The Bertz CT molecular complexity index is 766. The summed E-state index contributed by atoms with van der Waals surface area (Å²) in [6, 6.07) is 11.9. The third-order valence-electron chi connectivity index (χ3n) is 3.92. The zero-order valence-corrected chi connectivity index (χ0v) is 17.7. The van der Waals surface area contributed by atoms with Crippen LogP contribution in [-0.2, 0) is 5.41 Å². The maximum absolute atomic E-state index is 13.4. The second kappa shape index (κ2) is 9.61. The van der Waals surface area contributed by atoms with Gasteiger partial charge < -0.3 is 20.5 Å². The Balaban J connectivity index is 0.00000338. The molecule has 0 aromatic heterocycles. The molecule has 0 heterocycles. The molecule has 0 unspecified atom stereocenters. The fourth-order valence-electron chi connectivity index (χ4n) is 2.37. The van der Waals surface area contributed by atoms with Crippen LogP contribution in [0.25, 0.3) is 0 Å². The predicted molar refractivity (Wildman–Crippen MR) is 114 cm³/mol. The Kier molecular flexibility index (Phi) is 8.13. The number of methoxy groups -OCH3 is 2. The summed E-state index contributed by atoms with van der Waals surface area (Å²) in [4.78, 5) is 4.39. The third kappa shape index (κ3) is 5.76. The van der Waals surface area contributed by atoms with Crippen molar-refractivity contribution in [3.63, 3.8) is 0 Å². The van der Waals surface area contributed by atoms with E-state index in [4.69, 9.17) is 15.2 Å². The van der Waals surface area contributed by atoms with Gasteiger partial charge in [-0.1, -0.05) is 26.0 Å². The average molecular weight is 473 g/mol. The van der Waals surface area contributed by atoms with Gasteiger partial charge >= 0.3 is 0 Å². The van der Waals surface area contributed by atoms with Gasteiger partial charge in [0.25, 0.3) is 0 Å².